The molecule has 11 heteroatoms. The number of hydrogen-bond donors (Lipinski definition) is 1. The molecule has 0 bridgehead atoms. The Morgan fingerprint density at radius 1 is 0.914 bits per heavy atom. The number of sulfonamides is 1. The van der Waals surface area contributed by atoms with Gasteiger partial charge in [0, 0.05) is 12.1 Å². The fourth-order valence-electron chi connectivity index (χ4n) is 3.47. The maximum atomic E-state index is 14.1. The molecule has 0 saturated heterocycles. The third kappa shape index (κ3) is 5.34. The van der Waals surface area contributed by atoms with Crippen LogP contribution in [-0.2, 0) is 16.4 Å². The van der Waals surface area contributed by atoms with Gasteiger partial charge in [-0.15, -0.1) is 0 Å². The Balaban J connectivity index is 1.85. The van der Waals surface area contributed by atoms with E-state index in [-0.39, 0.29) is 34.7 Å². The molecule has 0 saturated carbocycles. The first kappa shape index (κ1) is 25.9. The number of halogens is 3. The minimum absolute atomic E-state index is 0.0149. The summed E-state index contributed by atoms with van der Waals surface area (Å²) < 4.78 is 84.9. The smallest absolute Gasteiger partial charge is 0.244 e. The average Bonchev–Trinajstić information content (AvgIpc) is 2.86. The predicted octanol–water partition coefficient (Wildman–Crippen LogP) is 4.19. The number of ether oxygens (including phenoxy) is 3. The van der Waals surface area contributed by atoms with Crippen molar-refractivity contribution in [3.8, 4) is 34.4 Å². The Bertz CT molecular complexity index is 1410. The molecule has 0 unspecified atom stereocenters. The van der Waals surface area contributed by atoms with E-state index in [0.717, 1.165) is 13.2 Å². The van der Waals surface area contributed by atoms with Gasteiger partial charge in [0.2, 0.25) is 15.8 Å². The maximum absolute atomic E-state index is 14.1. The van der Waals surface area contributed by atoms with Crippen molar-refractivity contribution in [1.29, 1.82) is 5.26 Å². The molecule has 0 aliphatic rings. The molecule has 0 atom stereocenters. The van der Waals surface area contributed by atoms with Crippen LogP contribution in [0.25, 0.3) is 11.1 Å². The first-order valence-corrected chi connectivity index (χ1v) is 11.6. The van der Waals surface area contributed by atoms with E-state index in [1.807, 2.05) is 6.07 Å². The molecule has 1 N–H and O–H groups in total. The lowest BCUT2D eigenvalue weighted by Gasteiger charge is -2.15. The minimum Gasteiger partial charge on any atom is -0.496 e. The molecule has 3 aromatic rings. The van der Waals surface area contributed by atoms with Crippen molar-refractivity contribution in [3.63, 3.8) is 0 Å². The molecular formula is C24H21F3N2O5S. The van der Waals surface area contributed by atoms with Gasteiger partial charge in [-0.3, -0.25) is 0 Å². The van der Waals surface area contributed by atoms with Crippen molar-refractivity contribution in [2.24, 2.45) is 0 Å². The van der Waals surface area contributed by atoms with Crippen LogP contribution in [0.15, 0.2) is 47.4 Å². The van der Waals surface area contributed by atoms with Crippen molar-refractivity contribution in [1.82, 2.24) is 4.72 Å². The third-order valence-corrected chi connectivity index (χ3v) is 6.67. The molecule has 0 spiro atoms. The van der Waals surface area contributed by atoms with Gasteiger partial charge in [-0.05, 0) is 47.9 Å². The van der Waals surface area contributed by atoms with E-state index < -0.39 is 33.2 Å². The summed E-state index contributed by atoms with van der Waals surface area (Å²) in [6.45, 7) is -0.0267. The van der Waals surface area contributed by atoms with Crippen LogP contribution in [0.4, 0.5) is 13.2 Å². The second-order valence-corrected chi connectivity index (χ2v) is 8.95. The van der Waals surface area contributed by atoms with Crippen molar-refractivity contribution in [2.75, 3.05) is 27.9 Å². The molecule has 3 rings (SSSR count). The zero-order valence-electron chi connectivity index (χ0n) is 19.0. The van der Waals surface area contributed by atoms with E-state index >= 15 is 0 Å². The van der Waals surface area contributed by atoms with Gasteiger partial charge in [0.1, 0.15) is 16.4 Å². The highest BCUT2D eigenvalue weighted by Crippen LogP contribution is 2.37. The second kappa shape index (κ2) is 10.7. The molecule has 0 amide bonds. The number of methoxy groups -OCH3 is 3. The van der Waals surface area contributed by atoms with Crippen molar-refractivity contribution in [3.05, 3.63) is 71.0 Å². The van der Waals surface area contributed by atoms with E-state index in [1.54, 1.807) is 6.07 Å². The summed E-state index contributed by atoms with van der Waals surface area (Å²) in [5, 5.41) is 9.07. The average molecular weight is 507 g/mol. The van der Waals surface area contributed by atoms with Crippen LogP contribution in [0.2, 0.25) is 0 Å². The van der Waals surface area contributed by atoms with E-state index in [2.05, 4.69) is 4.72 Å². The molecule has 35 heavy (non-hydrogen) atoms. The van der Waals surface area contributed by atoms with Crippen molar-refractivity contribution < 1.29 is 35.8 Å². The van der Waals surface area contributed by atoms with E-state index in [4.69, 9.17) is 19.5 Å². The highest BCUT2D eigenvalue weighted by Gasteiger charge is 2.22. The lowest BCUT2D eigenvalue weighted by molar-refractivity contribution is 0.362. The van der Waals surface area contributed by atoms with Gasteiger partial charge in [0.25, 0.3) is 0 Å². The number of nitrogens with zero attached hydrogens (tertiary/aromatic N) is 1. The number of rotatable bonds is 9. The third-order valence-electron chi connectivity index (χ3n) is 5.19. The maximum Gasteiger partial charge on any atom is 0.244 e. The molecule has 0 fully saturated rings. The van der Waals surface area contributed by atoms with Gasteiger partial charge in [-0.25, -0.2) is 21.9 Å². The number of benzene rings is 3. The standard InChI is InChI=1S/C24H21F3N2O5S/c1-32-19-7-4-14(13-28)10-21(19)35(30,31)29-9-8-15-5-6-16(11-20(15)33-2)17-12-18(25)22(26)23(27)24(17)34-3/h4-7,10-12,29H,8-9H2,1-3H3. The van der Waals surface area contributed by atoms with Crippen LogP contribution in [0, 0.1) is 28.8 Å². The molecule has 3 aromatic carbocycles. The Hall–Kier alpha value is -3.75. The highest BCUT2D eigenvalue weighted by molar-refractivity contribution is 7.89. The van der Waals surface area contributed by atoms with Crippen molar-refractivity contribution in [2.45, 2.75) is 11.3 Å². The van der Waals surface area contributed by atoms with Crippen LogP contribution >= 0.6 is 0 Å². The summed E-state index contributed by atoms with van der Waals surface area (Å²) in [5.74, 6) is -4.51. The Morgan fingerprint density at radius 3 is 2.26 bits per heavy atom. The monoisotopic (exact) mass is 506 g/mol. The first-order chi connectivity index (χ1) is 16.7. The lowest BCUT2D eigenvalue weighted by Crippen LogP contribution is -2.26. The van der Waals surface area contributed by atoms with E-state index in [9.17, 15) is 21.6 Å². The zero-order valence-corrected chi connectivity index (χ0v) is 19.8. The highest BCUT2D eigenvalue weighted by atomic mass is 32.2. The molecule has 0 aliphatic carbocycles. The summed E-state index contributed by atoms with van der Waals surface area (Å²) in [5.41, 5.74) is 1.05. The Kier molecular flexibility index (Phi) is 7.89. The summed E-state index contributed by atoms with van der Waals surface area (Å²) >= 11 is 0. The SMILES string of the molecule is COc1cc(-c2cc(F)c(F)c(F)c2OC)ccc1CCNS(=O)(=O)c1cc(C#N)ccc1OC. The largest absolute Gasteiger partial charge is 0.496 e. The molecule has 184 valence electrons. The molecule has 0 radical (unpaired) electrons. The zero-order chi connectivity index (χ0) is 25.8. The van der Waals surface area contributed by atoms with Gasteiger partial charge < -0.3 is 14.2 Å². The molecular weight excluding hydrogens is 485 g/mol. The second-order valence-electron chi connectivity index (χ2n) is 7.22. The van der Waals surface area contributed by atoms with E-state index in [0.29, 0.717) is 16.9 Å². The van der Waals surface area contributed by atoms with Gasteiger partial charge >= 0.3 is 0 Å². The van der Waals surface area contributed by atoms with Crippen LogP contribution in [0.3, 0.4) is 0 Å². The molecule has 0 aliphatic heterocycles. The molecule has 0 aromatic heterocycles. The molecule has 7 nitrogen and oxygen atoms in total. The van der Waals surface area contributed by atoms with Crippen LogP contribution in [0.5, 0.6) is 17.2 Å². The van der Waals surface area contributed by atoms with Crippen LogP contribution < -0.4 is 18.9 Å². The van der Waals surface area contributed by atoms with E-state index in [1.165, 1.54) is 44.6 Å². The van der Waals surface area contributed by atoms with Crippen LogP contribution in [0.1, 0.15) is 11.1 Å². The summed E-state index contributed by atoms with van der Waals surface area (Å²) in [6.07, 6.45) is 0.201. The Morgan fingerprint density at radius 2 is 1.63 bits per heavy atom. The minimum atomic E-state index is -4.00. The quantitative estimate of drug-likeness (QED) is 0.437. The topological polar surface area (TPSA) is 97.6 Å². The number of nitriles is 1. The number of nitrogens with one attached hydrogen (secondary N) is 1. The van der Waals surface area contributed by atoms with Crippen molar-refractivity contribution >= 4 is 10.0 Å². The lowest BCUT2D eigenvalue weighted by atomic mass is 10.00. The first-order valence-electron chi connectivity index (χ1n) is 10.1. The van der Waals surface area contributed by atoms with Gasteiger partial charge in [0.15, 0.2) is 17.4 Å². The van der Waals surface area contributed by atoms with Gasteiger partial charge in [-0.1, -0.05) is 12.1 Å². The van der Waals surface area contributed by atoms with Gasteiger partial charge in [-0.2, -0.15) is 9.65 Å². The normalized spacial score (nSPS) is 11.1. The fraction of sp³-hybridized carbons (Fsp3) is 0.208. The summed E-state index contributed by atoms with van der Waals surface area (Å²) in [7, 11) is -0.161. The van der Waals surface area contributed by atoms with Gasteiger partial charge in [0.05, 0.1) is 33.0 Å². The molecule has 0 heterocycles. The summed E-state index contributed by atoms with van der Waals surface area (Å²) in [4.78, 5) is -0.172. The van der Waals surface area contributed by atoms with Crippen LogP contribution in [-0.4, -0.2) is 36.3 Å². The number of hydrogen-bond acceptors (Lipinski definition) is 6. The Labute approximate surface area is 200 Å². The predicted molar refractivity (Wildman–Crippen MR) is 121 cm³/mol. The summed E-state index contributed by atoms with van der Waals surface area (Å²) in [6, 6.07) is 11.4. The fourth-order valence-corrected chi connectivity index (χ4v) is 4.69.